The summed E-state index contributed by atoms with van der Waals surface area (Å²) in [4.78, 5) is 2.55. The third-order valence-electron chi connectivity index (χ3n) is 3.69. The van der Waals surface area contributed by atoms with Gasteiger partial charge < -0.3 is 5.01 Å². The van der Waals surface area contributed by atoms with Crippen molar-refractivity contribution in [1.82, 2.24) is 14.9 Å². The largest absolute Gasteiger partial charge is 0.307 e. The number of nitrogens with zero attached hydrogens (tertiary/aromatic N) is 3. The SMILES string of the molecule is CCC1C=C2CN(C(C)C)CCN2N1C. The summed E-state index contributed by atoms with van der Waals surface area (Å²) in [5.41, 5.74) is 1.50. The van der Waals surface area contributed by atoms with Crippen LogP contribution in [0.5, 0.6) is 0 Å². The normalized spacial score (nSPS) is 28.5. The first kappa shape index (κ1) is 11.0. The summed E-state index contributed by atoms with van der Waals surface area (Å²) in [5.74, 6) is 0. The van der Waals surface area contributed by atoms with Crippen LogP contribution in [0.3, 0.4) is 0 Å². The molecular formula is C12H23N3. The molecule has 0 bridgehead atoms. The first-order valence-corrected chi connectivity index (χ1v) is 6.08. The molecule has 0 aliphatic carbocycles. The lowest BCUT2D eigenvalue weighted by Gasteiger charge is -2.41. The van der Waals surface area contributed by atoms with Crippen LogP contribution in [0.25, 0.3) is 0 Å². The van der Waals surface area contributed by atoms with Crippen molar-refractivity contribution in [3.05, 3.63) is 11.8 Å². The Balaban J connectivity index is 2.07. The van der Waals surface area contributed by atoms with Crippen molar-refractivity contribution in [3.63, 3.8) is 0 Å². The van der Waals surface area contributed by atoms with E-state index in [1.807, 2.05) is 0 Å². The van der Waals surface area contributed by atoms with E-state index < -0.39 is 0 Å². The molecule has 2 aliphatic heterocycles. The third kappa shape index (κ3) is 1.91. The summed E-state index contributed by atoms with van der Waals surface area (Å²) in [5, 5.41) is 4.85. The molecule has 0 amide bonds. The van der Waals surface area contributed by atoms with Gasteiger partial charge in [-0.25, -0.2) is 5.01 Å². The van der Waals surface area contributed by atoms with Gasteiger partial charge in [-0.3, -0.25) is 4.90 Å². The fraction of sp³-hybridized carbons (Fsp3) is 0.833. The summed E-state index contributed by atoms with van der Waals surface area (Å²) in [6, 6.07) is 1.28. The first-order chi connectivity index (χ1) is 7.13. The minimum Gasteiger partial charge on any atom is -0.307 e. The Morgan fingerprint density at radius 1 is 1.40 bits per heavy atom. The molecule has 2 aliphatic rings. The lowest BCUT2D eigenvalue weighted by molar-refractivity contribution is -0.00437. The summed E-state index contributed by atoms with van der Waals surface area (Å²) < 4.78 is 0. The number of hydrogen-bond acceptors (Lipinski definition) is 3. The van der Waals surface area contributed by atoms with Crippen molar-refractivity contribution in [3.8, 4) is 0 Å². The van der Waals surface area contributed by atoms with Gasteiger partial charge in [0.1, 0.15) is 0 Å². The molecule has 3 heteroatoms. The zero-order valence-corrected chi connectivity index (χ0v) is 10.4. The minimum absolute atomic E-state index is 0.618. The average molecular weight is 209 g/mol. The molecule has 86 valence electrons. The molecule has 2 rings (SSSR count). The number of fused-ring (bicyclic) bond motifs is 1. The molecule has 1 fully saturated rings. The van der Waals surface area contributed by atoms with E-state index in [9.17, 15) is 0 Å². The Morgan fingerprint density at radius 2 is 2.13 bits per heavy atom. The molecule has 0 aromatic heterocycles. The molecule has 0 aromatic carbocycles. The Labute approximate surface area is 93.3 Å². The molecule has 0 aromatic rings. The van der Waals surface area contributed by atoms with Crippen LogP contribution in [0.1, 0.15) is 27.2 Å². The van der Waals surface area contributed by atoms with Crippen molar-refractivity contribution in [2.24, 2.45) is 0 Å². The molecular weight excluding hydrogens is 186 g/mol. The van der Waals surface area contributed by atoms with Crippen LogP contribution in [-0.4, -0.2) is 53.7 Å². The maximum Gasteiger partial charge on any atom is 0.0488 e. The van der Waals surface area contributed by atoms with Crippen LogP contribution in [-0.2, 0) is 0 Å². The first-order valence-electron chi connectivity index (χ1n) is 6.08. The Morgan fingerprint density at radius 3 is 2.73 bits per heavy atom. The van der Waals surface area contributed by atoms with E-state index in [0.29, 0.717) is 12.1 Å². The second-order valence-corrected chi connectivity index (χ2v) is 4.89. The molecule has 2 heterocycles. The molecule has 1 unspecified atom stereocenters. The molecule has 0 saturated carbocycles. The third-order valence-corrected chi connectivity index (χ3v) is 3.69. The van der Waals surface area contributed by atoms with E-state index in [1.165, 1.54) is 18.7 Å². The summed E-state index contributed by atoms with van der Waals surface area (Å²) in [7, 11) is 2.21. The second-order valence-electron chi connectivity index (χ2n) is 4.89. The van der Waals surface area contributed by atoms with Gasteiger partial charge in [-0.2, -0.15) is 0 Å². The van der Waals surface area contributed by atoms with E-state index >= 15 is 0 Å². The maximum absolute atomic E-state index is 2.55. The lowest BCUT2D eigenvalue weighted by atomic mass is 10.2. The summed E-state index contributed by atoms with van der Waals surface area (Å²) >= 11 is 0. The predicted molar refractivity (Wildman–Crippen MR) is 63.3 cm³/mol. The fourth-order valence-electron chi connectivity index (χ4n) is 2.57. The van der Waals surface area contributed by atoms with E-state index in [0.717, 1.165) is 13.1 Å². The van der Waals surface area contributed by atoms with Crippen LogP contribution in [0, 0.1) is 0 Å². The van der Waals surface area contributed by atoms with Crippen LogP contribution in [0.4, 0.5) is 0 Å². The van der Waals surface area contributed by atoms with Gasteiger partial charge >= 0.3 is 0 Å². The molecule has 15 heavy (non-hydrogen) atoms. The second kappa shape index (κ2) is 4.14. The zero-order chi connectivity index (χ0) is 11.0. The maximum atomic E-state index is 2.55. The Bertz CT molecular complexity index is 260. The molecule has 1 saturated heterocycles. The highest BCUT2D eigenvalue weighted by molar-refractivity contribution is 5.15. The predicted octanol–water partition coefficient (Wildman–Crippen LogP) is 1.54. The molecule has 0 radical (unpaired) electrons. The standard InChI is InChI=1S/C12H23N3/c1-5-11-8-12-9-14(10(2)3)6-7-15(12)13(11)4/h8,10-11H,5-7,9H2,1-4H3. The highest BCUT2D eigenvalue weighted by atomic mass is 15.7. The quantitative estimate of drug-likeness (QED) is 0.683. The van der Waals surface area contributed by atoms with Crippen molar-refractivity contribution < 1.29 is 0 Å². The number of hydrazine groups is 1. The van der Waals surface area contributed by atoms with E-state index in [1.54, 1.807) is 0 Å². The average Bonchev–Trinajstić information content (AvgIpc) is 2.55. The highest BCUT2D eigenvalue weighted by Crippen LogP contribution is 2.26. The van der Waals surface area contributed by atoms with Gasteiger partial charge in [0.2, 0.25) is 0 Å². The number of rotatable bonds is 2. The molecule has 0 N–H and O–H groups in total. The van der Waals surface area contributed by atoms with Gasteiger partial charge in [-0.1, -0.05) is 6.92 Å². The van der Waals surface area contributed by atoms with Crippen LogP contribution in [0.2, 0.25) is 0 Å². The van der Waals surface area contributed by atoms with Crippen molar-refractivity contribution in [2.45, 2.75) is 39.3 Å². The van der Waals surface area contributed by atoms with E-state index in [-0.39, 0.29) is 0 Å². The van der Waals surface area contributed by atoms with Gasteiger partial charge in [0.25, 0.3) is 0 Å². The monoisotopic (exact) mass is 209 g/mol. The van der Waals surface area contributed by atoms with Gasteiger partial charge in [-0.05, 0) is 26.3 Å². The van der Waals surface area contributed by atoms with Gasteiger partial charge in [0, 0.05) is 44.5 Å². The van der Waals surface area contributed by atoms with Gasteiger partial charge in [0.15, 0.2) is 0 Å². The van der Waals surface area contributed by atoms with Crippen molar-refractivity contribution >= 4 is 0 Å². The number of likely N-dealkylation sites (N-methyl/N-ethyl adjacent to an activating group) is 1. The van der Waals surface area contributed by atoms with Crippen molar-refractivity contribution in [2.75, 3.05) is 26.7 Å². The number of piperazine rings is 1. The molecule has 1 atom stereocenters. The molecule has 0 spiro atoms. The van der Waals surface area contributed by atoms with Gasteiger partial charge in [0.05, 0.1) is 0 Å². The Hall–Kier alpha value is -0.540. The van der Waals surface area contributed by atoms with E-state index in [2.05, 4.69) is 48.8 Å². The van der Waals surface area contributed by atoms with E-state index in [4.69, 9.17) is 0 Å². The van der Waals surface area contributed by atoms with Gasteiger partial charge in [-0.15, -0.1) is 0 Å². The van der Waals surface area contributed by atoms with Crippen LogP contribution < -0.4 is 0 Å². The fourth-order valence-corrected chi connectivity index (χ4v) is 2.57. The minimum atomic E-state index is 0.618. The summed E-state index contributed by atoms with van der Waals surface area (Å²) in [6.45, 7) is 10.3. The van der Waals surface area contributed by atoms with Crippen LogP contribution in [0.15, 0.2) is 11.8 Å². The zero-order valence-electron chi connectivity index (χ0n) is 10.4. The smallest absolute Gasteiger partial charge is 0.0488 e. The number of hydrogen-bond donors (Lipinski definition) is 0. The van der Waals surface area contributed by atoms with Crippen molar-refractivity contribution in [1.29, 1.82) is 0 Å². The highest BCUT2D eigenvalue weighted by Gasteiger charge is 2.32. The van der Waals surface area contributed by atoms with Crippen LogP contribution >= 0.6 is 0 Å². The molecule has 3 nitrogen and oxygen atoms in total. The lowest BCUT2D eigenvalue weighted by Crippen LogP contribution is -2.50. The summed E-state index contributed by atoms with van der Waals surface area (Å²) in [6.07, 6.45) is 3.65. The topological polar surface area (TPSA) is 9.72 Å². The Kier molecular flexibility index (Phi) is 3.03.